The molecule has 7 heteroatoms. The van der Waals surface area contributed by atoms with Crippen molar-refractivity contribution < 1.29 is 9.59 Å². The molecule has 3 rings (SSSR count). The third-order valence-corrected chi connectivity index (χ3v) is 5.28. The highest BCUT2D eigenvalue weighted by atomic mass is 35.5. The maximum atomic E-state index is 12.3. The molecule has 1 aliphatic heterocycles. The van der Waals surface area contributed by atoms with Crippen LogP contribution in [-0.2, 0) is 4.79 Å². The fraction of sp³-hybridized carbons (Fsp3) is 0.263. The molecule has 1 heterocycles. The number of halogens is 2. The zero-order valence-electron chi connectivity index (χ0n) is 14.5. The lowest BCUT2D eigenvalue weighted by Crippen LogP contribution is -2.39. The van der Waals surface area contributed by atoms with Gasteiger partial charge in [0.1, 0.15) is 0 Å². The minimum absolute atomic E-state index is 0.0145. The van der Waals surface area contributed by atoms with Gasteiger partial charge in [-0.3, -0.25) is 4.79 Å². The third kappa shape index (κ3) is 3.94. The predicted molar refractivity (Wildman–Crippen MR) is 105 cm³/mol. The van der Waals surface area contributed by atoms with Crippen LogP contribution in [0.4, 0.5) is 16.2 Å². The molecule has 2 aromatic rings. The molecule has 0 radical (unpaired) electrons. The van der Waals surface area contributed by atoms with Crippen LogP contribution < -0.4 is 15.5 Å². The molecule has 136 valence electrons. The van der Waals surface area contributed by atoms with E-state index in [0.717, 1.165) is 11.3 Å². The van der Waals surface area contributed by atoms with E-state index in [1.54, 1.807) is 23.1 Å². The normalized spacial score (nSPS) is 16.7. The van der Waals surface area contributed by atoms with Crippen molar-refractivity contribution in [2.75, 3.05) is 16.8 Å². The molecule has 0 spiro atoms. The van der Waals surface area contributed by atoms with Gasteiger partial charge in [-0.2, -0.15) is 0 Å². The lowest BCUT2D eigenvalue weighted by molar-refractivity contribution is -0.117. The largest absolute Gasteiger partial charge is 0.333 e. The summed E-state index contributed by atoms with van der Waals surface area (Å²) < 4.78 is 0. The minimum Gasteiger partial charge on any atom is -0.333 e. The molecular formula is C19H19Cl2N3O2. The zero-order chi connectivity index (χ0) is 18.8. The fourth-order valence-corrected chi connectivity index (χ4v) is 3.24. The lowest BCUT2D eigenvalue weighted by atomic mass is 10.1. The highest BCUT2D eigenvalue weighted by Crippen LogP contribution is 2.29. The Balaban J connectivity index is 1.64. The van der Waals surface area contributed by atoms with Crippen molar-refractivity contribution in [2.45, 2.75) is 26.3 Å². The summed E-state index contributed by atoms with van der Waals surface area (Å²) in [6.07, 6.45) is 0.254. The minimum atomic E-state index is -0.422. The van der Waals surface area contributed by atoms with Crippen LogP contribution in [0.25, 0.3) is 0 Å². The summed E-state index contributed by atoms with van der Waals surface area (Å²) in [5.41, 5.74) is 3.57. The maximum absolute atomic E-state index is 12.3. The van der Waals surface area contributed by atoms with Gasteiger partial charge in [-0.25, -0.2) is 4.79 Å². The number of anilines is 2. The van der Waals surface area contributed by atoms with E-state index in [2.05, 4.69) is 10.6 Å². The summed E-state index contributed by atoms with van der Waals surface area (Å²) in [5, 5.41) is 6.13. The highest BCUT2D eigenvalue weighted by Gasteiger charge is 2.31. The van der Waals surface area contributed by atoms with Crippen LogP contribution in [0.2, 0.25) is 10.0 Å². The number of hydrogen-bond donors (Lipinski definition) is 2. The summed E-state index contributed by atoms with van der Waals surface area (Å²) in [6.45, 7) is 4.47. The summed E-state index contributed by atoms with van der Waals surface area (Å²) in [6, 6.07) is 10.2. The lowest BCUT2D eigenvalue weighted by Gasteiger charge is -2.18. The number of rotatable bonds is 3. The standard InChI is InChI=1S/C19H19Cl2N3O2/c1-11-6-7-14(8-12(11)2)24-10-13(9-17(24)25)22-19(26)23-16-5-3-4-15(20)18(16)21/h3-8,13H,9-10H2,1-2H3,(H2,22,23,26). The van der Waals surface area contributed by atoms with Gasteiger partial charge < -0.3 is 15.5 Å². The van der Waals surface area contributed by atoms with Gasteiger partial charge in [-0.15, -0.1) is 0 Å². The van der Waals surface area contributed by atoms with Gasteiger partial charge in [0.15, 0.2) is 0 Å². The molecule has 1 fully saturated rings. The first kappa shape index (κ1) is 18.5. The van der Waals surface area contributed by atoms with Crippen molar-refractivity contribution in [2.24, 2.45) is 0 Å². The molecular weight excluding hydrogens is 373 g/mol. The second-order valence-electron chi connectivity index (χ2n) is 6.37. The topological polar surface area (TPSA) is 61.4 Å². The molecule has 2 N–H and O–H groups in total. The van der Waals surface area contributed by atoms with E-state index in [0.29, 0.717) is 17.3 Å². The van der Waals surface area contributed by atoms with Crippen LogP contribution in [0, 0.1) is 13.8 Å². The molecule has 2 aromatic carbocycles. The summed E-state index contributed by atoms with van der Waals surface area (Å²) in [4.78, 5) is 26.3. The maximum Gasteiger partial charge on any atom is 0.319 e. The van der Waals surface area contributed by atoms with E-state index in [4.69, 9.17) is 23.2 Å². The molecule has 26 heavy (non-hydrogen) atoms. The number of nitrogens with zero attached hydrogens (tertiary/aromatic N) is 1. The molecule has 1 unspecified atom stereocenters. The van der Waals surface area contributed by atoms with Crippen LogP contribution in [0.3, 0.4) is 0 Å². The monoisotopic (exact) mass is 391 g/mol. The molecule has 0 saturated carbocycles. The van der Waals surface area contributed by atoms with Gasteiger partial charge in [0.05, 0.1) is 21.8 Å². The van der Waals surface area contributed by atoms with Crippen molar-refractivity contribution in [3.63, 3.8) is 0 Å². The number of nitrogens with one attached hydrogen (secondary N) is 2. The van der Waals surface area contributed by atoms with Crippen molar-refractivity contribution in [1.29, 1.82) is 0 Å². The first-order chi connectivity index (χ1) is 12.3. The Morgan fingerprint density at radius 3 is 2.65 bits per heavy atom. The first-order valence-corrected chi connectivity index (χ1v) is 9.00. The first-order valence-electron chi connectivity index (χ1n) is 8.24. The van der Waals surface area contributed by atoms with E-state index >= 15 is 0 Å². The van der Waals surface area contributed by atoms with Gasteiger partial charge in [0, 0.05) is 18.7 Å². The van der Waals surface area contributed by atoms with Crippen molar-refractivity contribution >= 4 is 46.5 Å². The number of carbonyl (C=O) groups excluding carboxylic acids is 2. The Labute approximate surface area is 162 Å². The molecule has 1 atom stereocenters. The van der Waals surface area contributed by atoms with Crippen molar-refractivity contribution in [1.82, 2.24) is 5.32 Å². The number of benzene rings is 2. The number of amides is 3. The van der Waals surface area contributed by atoms with E-state index < -0.39 is 6.03 Å². The number of carbonyl (C=O) groups is 2. The van der Waals surface area contributed by atoms with E-state index in [1.807, 2.05) is 32.0 Å². The molecule has 5 nitrogen and oxygen atoms in total. The molecule has 1 aliphatic rings. The van der Waals surface area contributed by atoms with Crippen LogP contribution in [0.15, 0.2) is 36.4 Å². The second-order valence-corrected chi connectivity index (χ2v) is 7.16. The van der Waals surface area contributed by atoms with E-state index in [1.165, 1.54) is 5.56 Å². The van der Waals surface area contributed by atoms with Crippen LogP contribution in [0.1, 0.15) is 17.5 Å². The Hall–Kier alpha value is -2.24. The van der Waals surface area contributed by atoms with Crippen LogP contribution in [0.5, 0.6) is 0 Å². The number of aryl methyl sites for hydroxylation is 2. The molecule has 0 aromatic heterocycles. The van der Waals surface area contributed by atoms with E-state index in [-0.39, 0.29) is 23.4 Å². The van der Waals surface area contributed by atoms with Crippen molar-refractivity contribution in [3.8, 4) is 0 Å². The van der Waals surface area contributed by atoms with Crippen molar-refractivity contribution in [3.05, 3.63) is 57.6 Å². The zero-order valence-corrected chi connectivity index (χ0v) is 16.0. The predicted octanol–water partition coefficient (Wildman–Crippen LogP) is 4.54. The summed E-state index contributed by atoms with van der Waals surface area (Å²) >= 11 is 12.0. The Morgan fingerprint density at radius 1 is 1.15 bits per heavy atom. The average Bonchev–Trinajstić information content (AvgIpc) is 2.94. The van der Waals surface area contributed by atoms with E-state index in [9.17, 15) is 9.59 Å². The Morgan fingerprint density at radius 2 is 1.92 bits per heavy atom. The molecule has 1 saturated heterocycles. The molecule has 3 amide bonds. The smallest absolute Gasteiger partial charge is 0.319 e. The molecule has 0 bridgehead atoms. The van der Waals surface area contributed by atoms with Crippen LogP contribution in [-0.4, -0.2) is 24.5 Å². The van der Waals surface area contributed by atoms with Gasteiger partial charge in [-0.1, -0.05) is 35.3 Å². The SMILES string of the molecule is Cc1ccc(N2CC(NC(=O)Nc3cccc(Cl)c3Cl)CC2=O)cc1C. The number of hydrogen-bond acceptors (Lipinski definition) is 2. The Bertz CT molecular complexity index is 870. The molecule has 0 aliphatic carbocycles. The Kier molecular flexibility index (Phi) is 5.39. The van der Waals surface area contributed by atoms with Gasteiger partial charge in [-0.05, 0) is 49.2 Å². The van der Waals surface area contributed by atoms with Gasteiger partial charge in [0.2, 0.25) is 5.91 Å². The third-order valence-electron chi connectivity index (χ3n) is 4.46. The quantitative estimate of drug-likeness (QED) is 0.806. The highest BCUT2D eigenvalue weighted by molar-refractivity contribution is 6.43. The number of urea groups is 1. The average molecular weight is 392 g/mol. The van der Waals surface area contributed by atoms with Crippen LogP contribution >= 0.6 is 23.2 Å². The van der Waals surface area contributed by atoms with Gasteiger partial charge >= 0.3 is 6.03 Å². The second kappa shape index (κ2) is 7.56. The van der Waals surface area contributed by atoms with Gasteiger partial charge in [0.25, 0.3) is 0 Å². The summed E-state index contributed by atoms with van der Waals surface area (Å²) in [7, 11) is 0. The summed E-state index contributed by atoms with van der Waals surface area (Å²) in [5.74, 6) is -0.0145. The fourth-order valence-electron chi connectivity index (χ4n) is 2.89.